The van der Waals surface area contributed by atoms with Crippen LogP contribution in [0.2, 0.25) is 0 Å². The summed E-state index contributed by atoms with van der Waals surface area (Å²) in [4.78, 5) is 27.9. The third-order valence-electron chi connectivity index (χ3n) is 4.45. The Morgan fingerprint density at radius 1 is 1.08 bits per heavy atom. The summed E-state index contributed by atoms with van der Waals surface area (Å²) in [5, 5.41) is 2.78. The molecular formula is C19H18N2O3S. The van der Waals surface area contributed by atoms with Crippen LogP contribution >= 0.6 is 11.3 Å². The highest BCUT2D eigenvalue weighted by molar-refractivity contribution is 7.12. The lowest BCUT2D eigenvalue weighted by atomic mass is 10.1. The molecule has 2 aromatic heterocycles. The van der Waals surface area contributed by atoms with Gasteiger partial charge in [0.1, 0.15) is 6.54 Å². The standard InChI is InChI=1S/C19H18N2O3S/c22-18(20-7-9-24-10-8-20)13-21-12-15(14-4-1-2-5-16(14)21)19(23)17-6-3-11-25-17/h1-6,11-12H,7-10,13H2. The quantitative estimate of drug-likeness (QED) is 0.677. The average Bonchev–Trinajstić information content (AvgIpc) is 3.31. The van der Waals surface area contributed by atoms with Gasteiger partial charge in [-0.25, -0.2) is 0 Å². The number of thiophene rings is 1. The van der Waals surface area contributed by atoms with Gasteiger partial charge < -0.3 is 14.2 Å². The number of aromatic nitrogens is 1. The molecular weight excluding hydrogens is 336 g/mol. The van der Waals surface area contributed by atoms with E-state index in [0.717, 1.165) is 10.9 Å². The van der Waals surface area contributed by atoms with E-state index in [1.165, 1.54) is 11.3 Å². The highest BCUT2D eigenvalue weighted by Crippen LogP contribution is 2.25. The van der Waals surface area contributed by atoms with Crippen LogP contribution in [0.15, 0.2) is 48.0 Å². The molecule has 0 atom stereocenters. The first kappa shape index (κ1) is 16.1. The Bertz CT molecular complexity index is 908. The minimum atomic E-state index is 0.00349. The molecule has 4 rings (SSSR count). The lowest BCUT2D eigenvalue weighted by Gasteiger charge is -2.27. The van der Waals surface area contributed by atoms with Gasteiger partial charge in [0.2, 0.25) is 11.7 Å². The molecule has 0 bridgehead atoms. The van der Waals surface area contributed by atoms with Gasteiger partial charge in [0.15, 0.2) is 0 Å². The number of nitrogens with zero attached hydrogens (tertiary/aromatic N) is 2. The number of carbonyl (C=O) groups is 2. The Morgan fingerprint density at radius 2 is 1.88 bits per heavy atom. The minimum Gasteiger partial charge on any atom is -0.378 e. The Morgan fingerprint density at radius 3 is 2.64 bits per heavy atom. The lowest BCUT2D eigenvalue weighted by Crippen LogP contribution is -2.42. The van der Waals surface area contributed by atoms with E-state index in [1.807, 2.05) is 57.4 Å². The van der Waals surface area contributed by atoms with Crippen molar-refractivity contribution in [2.45, 2.75) is 6.54 Å². The van der Waals surface area contributed by atoms with Crippen molar-refractivity contribution in [3.8, 4) is 0 Å². The summed E-state index contributed by atoms with van der Waals surface area (Å²) in [6.45, 7) is 2.65. The van der Waals surface area contributed by atoms with Crippen LogP contribution in [0.4, 0.5) is 0 Å². The van der Waals surface area contributed by atoms with E-state index in [-0.39, 0.29) is 18.2 Å². The largest absolute Gasteiger partial charge is 0.378 e. The minimum absolute atomic E-state index is 0.00349. The summed E-state index contributed by atoms with van der Waals surface area (Å²) < 4.78 is 7.19. The Balaban J connectivity index is 1.67. The maximum atomic E-state index is 12.8. The first-order chi connectivity index (χ1) is 12.2. The second kappa shape index (κ2) is 6.82. The predicted octanol–water partition coefficient (Wildman–Crippen LogP) is 2.79. The highest BCUT2D eigenvalue weighted by atomic mass is 32.1. The van der Waals surface area contributed by atoms with Gasteiger partial charge in [-0.1, -0.05) is 24.3 Å². The van der Waals surface area contributed by atoms with Gasteiger partial charge in [0.25, 0.3) is 0 Å². The smallest absolute Gasteiger partial charge is 0.242 e. The monoisotopic (exact) mass is 354 g/mol. The number of fused-ring (bicyclic) bond motifs is 1. The summed E-state index contributed by atoms with van der Waals surface area (Å²) in [6.07, 6.45) is 1.81. The number of para-hydroxylation sites is 1. The third-order valence-corrected chi connectivity index (χ3v) is 5.32. The van der Waals surface area contributed by atoms with Gasteiger partial charge in [0, 0.05) is 35.8 Å². The number of hydrogen-bond donors (Lipinski definition) is 0. The highest BCUT2D eigenvalue weighted by Gasteiger charge is 2.21. The van der Waals surface area contributed by atoms with E-state index in [4.69, 9.17) is 4.74 Å². The van der Waals surface area contributed by atoms with Crippen LogP contribution < -0.4 is 0 Å². The molecule has 0 radical (unpaired) electrons. The molecule has 3 aromatic rings. The fourth-order valence-electron chi connectivity index (χ4n) is 3.16. The van der Waals surface area contributed by atoms with Crippen LogP contribution in [-0.4, -0.2) is 47.5 Å². The van der Waals surface area contributed by atoms with Crippen molar-refractivity contribution < 1.29 is 14.3 Å². The maximum Gasteiger partial charge on any atom is 0.242 e. The lowest BCUT2D eigenvalue weighted by molar-refractivity contribution is -0.135. The molecule has 1 saturated heterocycles. The number of morpholine rings is 1. The van der Waals surface area contributed by atoms with Crippen molar-refractivity contribution in [1.29, 1.82) is 0 Å². The van der Waals surface area contributed by atoms with Crippen LogP contribution in [0, 0.1) is 0 Å². The molecule has 1 amide bonds. The van der Waals surface area contributed by atoms with E-state index in [9.17, 15) is 9.59 Å². The number of ether oxygens (including phenoxy) is 1. The first-order valence-electron chi connectivity index (χ1n) is 8.25. The Hall–Kier alpha value is -2.44. The SMILES string of the molecule is O=C(c1cccs1)c1cn(CC(=O)N2CCOCC2)c2ccccc12. The molecule has 1 aliphatic rings. The van der Waals surface area contributed by atoms with Crippen molar-refractivity contribution in [3.63, 3.8) is 0 Å². The molecule has 0 unspecified atom stereocenters. The van der Waals surface area contributed by atoms with Gasteiger partial charge in [-0.3, -0.25) is 9.59 Å². The molecule has 0 saturated carbocycles. The molecule has 3 heterocycles. The van der Waals surface area contributed by atoms with Gasteiger partial charge in [-0.05, 0) is 17.5 Å². The number of benzene rings is 1. The fourth-order valence-corrected chi connectivity index (χ4v) is 3.84. The van der Waals surface area contributed by atoms with E-state index in [0.29, 0.717) is 36.7 Å². The van der Waals surface area contributed by atoms with Gasteiger partial charge in [-0.15, -0.1) is 11.3 Å². The van der Waals surface area contributed by atoms with E-state index < -0.39 is 0 Å². The van der Waals surface area contributed by atoms with Crippen molar-refractivity contribution in [2.75, 3.05) is 26.3 Å². The molecule has 6 heteroatoms. The summed E-state index contributed by atoms with van der Waals surface area (Å²) in [5.41, 5.74) is 1.55. The van der Waals surface area contributed by atoms with Crippen molar-refractivity contribution >= 4 is 33.9 Å². The first-order valence-corrected chi connectivity index (χ1v) is 9.13. The summed E-state index contributed by atoms with van der Waals surface area (Å²) in [5.74, 6) is 0.0583. The Labute approximate surface area is 149 Å². The van der Waals surface area contributed by atoms with Crippen molar-refractivity contribution in [2.24, 2.45) is 0 Å². The molecule has 0 N–H and O–H groups in total. The molecule has 0 aliphatic carbocycles. The van der Waals surface area contributed by atoms with E-state index in [1.54, 1.807) is 0 Å². The van der Waals surface area contributed by atoms with Crippen LogP contribution in [0.25, 0.3) is 10.9 Å². The third kappa shape index (κ3) is 3.10. The summed E-state index contributed by atoms with van der Waals surface area (Å²) >= 11 is 1.43. The van der Waals surface area contributed by atoms with Crippen LogP contribution in [0.3, 0.4) is 0 Å². The molecule has 128 valence electrons. The summed E-state index contributed by atoms with van der Waals surface area (Å²) in [6, 6.07) is 11.4. The number of hydrogen-bond acceptors (Lipinski definition) is 4. The molecule has 5 nitrogen and oxygen atoms in total. The number of rotatable bonds is 4. The Kier molecular flexibility index (Phi) is 4.38. The zero-order valence-corrected chi connectivity index (χ0v) is 14.5. The number of carbonyl (C=O) groups excluding carboxylic acids is 2. The average molecular weight is 354 g/mol. The molecule has 1 fully saturated rings. The summed E-state index contributed by atoms with van der Waals surface area (Å²) in [7, 11) is 0. The number of ketones is 1. The fraction of sp³-hybridized carbons (Fsp3) is 0.263. The van der Waals surface area contributed by atoms with E-state index in [2.05, 4.69) is 0 Å². The second-order valence-corrected chi connectivity index (χ2v) is 6.94. The normalized spacial score (nSPS) is 14.8. The molecule has 1 aliphatic heterocycles. The van der Waals surface area contributed by atoms with Gasteiger partial charge in [-0.2, -0.15) is 0 Å². The van der Waals surface area contributed by atoms with Crippen molar-refractivity contribution in [1.82, 2.24) is 9.47 Å². The topological polar surface area (TPSA) is 51.5 Å². The predicted molar refractivity (Wildman–Crippen MR) is 97.1 cm³/mol. The molecule has 25 heavy (non-hydrogen) atoms. The van der Waals surface area contributed by atoms with Gasteiger partial charge in [0.05, 0.1) is 18.1 Å². The maximum absolute atomic E-state index is 12.8. The van der Waals surface area contributed by atoms with E-state index >= 15 is 0 Å². The molecule has 0 spiro atoms. The number of amides is 1. The zero-order valence-electron chi connectivity index (χ0n) is 13.7. The van der Waals surface area contributed by atoms with Crippen LogP contribution in [0.1, 0.15) is 15.2 Å². The zero-order chi connectivity index (χ0) is 17.2. The van der Waals surface area contributed by atoms with Gasteiger partial charge >= 0.3 is 0 Å². The van der Waals surface area contributed by atoms with Crippen LogP contribution in [-0.2, 0) is 16.1 Å². The molecule has 1 aromatic carbocycles. The van der Waals surface area contributed by atoms with Crippen molar-refractivity contribution in [3.05, 3.63) is 58.4 Å². The van der Waals surface area contributed by atoms with Crippen LogP contribution in [0.5, 0.6) is 0 Å². The second-order valence-electron chi connectivity index (χ2n) is 5.99.